The summed E-state index contributed by atoms with van der Waals surface area (Å²) >= 11 is 5.60. The van der Waals surface area contributed by atoms with Gasteiger partial charge < -0.3 is 10.2 Å². The fourth-order valence-corrected chi connectivity index (χ4v) is 4.10. The lowest BCUT2D eigenvalue weighted by Gasteiger charge is -2.36. The summed E-state index contributed by atoms with van der Waals surface area (Å²) in [5.41, 5.74) is 0.733. The van der Waals surface area contributed by atoms with Crippen molar-refractivity contribution in [3.05, 3.63) is 42.7 Å². The van der Waals surface area contributed by atoms with Crippen LogP contribution in [0.2, 0.25) is 0 Å². The number of rotatable bonds is 8. The molecule has 9 heteroatoms. The molecule has 0 aliphatic rings. The maximum Gasteiger partial charge on any atom is 0.264 e. The molecule has 1 heterocycles. The van der Waals surface area contributed by atoms with Gasteiger partial charge in [0.2, 0.25) is 5.95 Å². The van der Waals surface area contributed by atoms with E-state index in [1.165, 1.54) is 24.5 Å². The van der Waals surface area contributed by atoms with Crippen molar-refractivity contribution in [1.29, 1.82) is 0 Å². The molecule has 2 N–H and O–H groups in total. The fraction of sp³-hybridized carbons (Fsp3) is 0.421. The quantitative estimate of drug-likeness (QED) is 0.626. The molecule has 0 saturated heterocycles. The summed E-state index contributed by atoms with van der Waals surface area (Å²) in [7, 11) is -3.76. The van der Waals surface area contributed by atoms with Crippen molar-refractivity contribution >= 4 is 39.0 Å². The van der Waals surface area contributed by atoms with E-state index >= 15 is 0 Å². The van der Waals surface area contributed by atoms with Crippen LogP contribution in [0.3, 0.4) is 0 Å². The molecule has 0 amide bonds. The van der Waals surface area contributed by atoms with Gasteiger partial charge in [-0.3, -0.25) is 0 Å². The average molecular weight is 422 g/mol. The molecule has 2 unspecified atom stereocenters. The summed E-state index contributed by atoms with van der Waals surface area (Å²) < 4.78 is 27.3. The third-order valence-corrected chi connectivity index (χ3v) is 6.23. The van der Waals surface area contributed by atoms with E-state index in [1.54, 1.807) is 18.2 Å². The van der Waals surface area contributed by atoms with Crippen molar-refractivity contribution in [3.8, 4) is 0 Å². The van der Waals surface area contributed by atoms with Gasteiger partial charge in [-0.15, -0.1) is 0 Å². The highest BCUT2D eigenvalue weighted by atomic mass is 32.2. The smallest absolute Gasteiger partial charge is 0.264 e. The number of aromatic nitrogens is 2. The second kappa shape index (κ2) is 9.79. The highest BCUT2D eigenvalue weighted by molar-refractivity contribution is 7.92. The van der Waals surface area contributed by atoms with Gasteiger partial charge in [-0.2, -0.15) is 0 Å². The van der Waals surface area contributed by atoms with Crippen LogP contribution in [0.1, 0.15) is 40.5 Å². The molecule has 0 aliphatic heterocycles. The Bertz CT molecular complexity index is 863. The van der Waals surface area contributed by atoms with Crippen molar-refractivity contribution in [2.24, 2.45) is 0 Å². The molecule has 1 aromatic carbocycles. The molecular weight excluding hydrogens is 394 g/mol. The van der Waals surface area contributed by atoms with E-state index in [0.29, 0.717) is 17.2 Å². The normalized spacial score (nSPS) is 13.4. The van der Waals surface area contributed by atoms with Crippen molar-refractivity contribution in [2.45, 2.75) is 57.5 Å². The van der Waals surface area contributed by atoms with Gasteiger partial charge in [-0.1, -0.05) is 13.8 Å². The number of nitrogens with one attached hydrogen (secondary N) is 2. The molecule has 1 aromatic heterocycles. The fourth-order valence-electron chi connectivity index (χ4n) is 2.66. The first-order valence-corrected chi connectivity index (χ1v) is 11.2. The Kier molecular flexibility index (Phi) is 7.70. The van der Waals surface area contributed by atoms with Gasteiger partial charge in [-0.05, 0) is 69.2 Å². The molecule has 0 spiro atoms. The summed E-state index contributed by atoms with van der Waals surface area (Å²) in [6, 6.07) is 8.66. The number of nitrogens with zero attached hydrogens (tertiary/aromatic N) is 3. The summed E-state index contributed by atoms with van der Waals surface area (Å²) in [5.74, 6) is 0.0311. The zero-order valence-electron chi connectivity index (χ0n) is 16.6. The summed E-state index contributed by atoms with van der Waals surface area (Å²) in [4.78, 5) is 10.1. The SMILES string of the molecule is CCC(C)N(C(=S)Nc1ccc(S(=O)(=O)Nc2ncccn2)cc1)C(C)CC. The molecule has 0 saturated carbocycles. The minimum absolute atomic E-state index is 0.0311. The van der Waals surface area contributed by atoms with Crippen molar-refractivity contribution < 1.29 is 8.42 Å². The molecule has 28 heavy (non-hydrogen) atoms. The summed E-state index contributed by atoms with van der Waals surface area (Å²) in [6.07, 6.45) is 4.91. The van der Waals surface area contributed by atoms with E-state index in [-0.39, 0.29) is 10.8 Å². The molecule has 7 nitrogen and oxygen atoms in total. The van der Waals surface area contributed by atoms with Gasteiger partial charge in [0, 0.05) is 30.2 Å². The van der Waals surface area contributed by atoms with Gasteiger partial charge >= 0.3 is 0 Å². The predicted molar refractivity (Wildman–Crippen MR) is 117 cm³/mol. The van der Waals surface area contributed by atoms with Crippen LogP contribution >= 0.6 is 12.2 Å². The number of sulfonamides is 1. The van der Waals surface area contributed by atoms with Crippen LogP contribution in [0, 0.1) is 0 Å². The molecule has 2 aromatic rings. The summed E-state index contributed by atoms with van der Waals surface area (Å²) in [6.45, 7) is 8.55. The monoisotopic (exact) mass is 421 g/mol. The lowest BCUT2D eigenvalue weighted by Crippen LogP contribution is -2.46. The van der Waals surface area contributed by atoms with Gasteiger partial charge in [-0.25, -0.2) is 23.1 Å². The average Bonchev–Trinajstić information content (AvgIpc) is 2.68. The Balaban J connectivity index is 2.12. The second-order valence-corrected chi connectivity index (χ2v) is 8.62. The van der Waals surface area contributed by atoms with Crippen LogP contribution in [0.25, 0.3) is 0 Å². The summed E-state index contributed by atoms with van der Waals surface area (Å²) in [5, 5.41) is 3.85. The highest BCUT2D eigenvalue weighted by Gasteiger charge is 2.21. The van der Waals surface area contributed by atoms with E-state index in [2.05, 4.69) is 52.6 Å². The molecule has 152 valence electrons. The van der Waals surface area contributed by atoms with Crippen LogP contribution < -0.4 is 10.0 Å². The lowest BCUT2D eigenvalue weighted by molar-refractivity contribution is 0.254. The molecule has 0 bridgehead atoms. The molecule has 0 aliphatic carbocycles. The minimum atomic E-state index is -3.76. The van der Waals surface area contributed by atoms with E-state index < -0.39 is 10.0 Å². The van der Waals surface area contributed by atoms with Gasteiger partial charge in [0.05, 0.1) is 4.90 Å². The number of hydrogen-bond acceptors (Lipinski definition) is 5. The van der Waals surface area contributed by atoms with Crippen LogP contribution in [0.15, 0.2) is 47.6 Å². The Labute approximate surface area is 172 Å². The second-order valence-electron chi connectivity index (χ2n) is 6.55. The topological polar surface area (TPSA) is 87.2 Å². The lowest BCUT2D eigenvalue weighted by atomic mass is 10.1. The van der Waals surface area contributed by atoms with E-state index in [0.717, 1.165) is 18.5 Å². The van der Waals surface area contributed by atoms with Crippen LogP contribution in [0.5, 0.6) is 0 Å². The number of anilines is 2. The predicted octanol–water partition coefficient (Wildman–Crippen LogP) is 3.87. The third-order valence-electron chi connectivity index (χ3n) is 4.57. The number of thiocarbonyl (C=S) groups is 1. The molecule has 2 atom stereocenters. The Morgan fingerprint density at radius 3 is 2.11 bits per heavy atom. The molecule has 2 rings (SSSR count). The van der Waals surface area contributed by atoms with Gasteiger partial charge in [0.1, 0.15) is 0 Å². The molecule has 0 radical (unpaired) electrons. The standard InChI is InChI=1S/C19H27N5O2S2/c1-5-14(3)24(15(4)6-2)19(27)22-16-8-10-17(11-9-16)28(25,26)23-18-20-12-7-13-21-18/h7-15H,5-6H2,1-4H3,(H,22,27)(H,20,21,23). The minimum Gasteiger partial charge on any atom is -0.344 e. The van der Waals surface area contributed by atoms with Crippen LogP contribution in [-0.2, 0) is 10.0 Å². The zero-order valence-corrected chi connectivity index (χ0v) is 18.2. The first-order chi connectivity index (χ1) is 13.3. The first-order valence-electron chi connectivity index (χ1n) is 9.27. The Morgan fingerprint density at radius 2 is 1.61 bits per heavy atom. The number of hydrogen-bond donors (Lipinski definition) is 2. The van der Waals surface area contributed by atoms with E-state index in [9.17, 15) is 8.42 Å². The van der Waals surface area contributed by atoms with Gasteiger partial charge in [0.15, 0.2) is 5.11 Å². The highest BCUT2D eigenvalue weighted by Crippen LogP contribution is 2.19. The van der Waals surface area contributed by atoms with Crippen molar-refractivity contribution in [1.82, 2.24) is 14.9 Å². The number of benzene rings is 1. The maximum atomic E-state index is 12.5. The Hall–Kier alpha value is -2.26. The Morgan fingerprint density at radius 1 is 1.07 bits per heavy atom. The maximum absolute atomic E-state index is 12.5. The largest absolute Gasteiger partial charge is 0.344 e. The van der Waals surface area contributed by atoms with E-state index in [1.807, 2.05) is 0 Å². The van der Waals surface area contributed by atoms with Crippen LogP contribution in [0.4, 0.5) is 11.6 Å². The third kappa shape index (κ3) is 5.62. The van der Waals surface area contributed by atoms with Crippen molar-refractivity contribution in [2.75, 3.05) is 10.0 Å². The van der Waals surface area contributed by atoms with E-state index in [4.69, 9.17) is 12.2 Å². The molecule has 0 fully saturated rings. The van der Waals surface area contributed by atoms with Crippen molar-refractivity contribution in [3.63, 3.8) is 0 Å². The van der Waals surface area contributed by atoms with Crippen LogP contribution in [-0.4, -0.2) is 40.5 Å². The van der Waals surface area contributed by atoms with Gasteiger partial charge in [0.25, 0.3) is 10.0 Å². The first kappa shape index (κ1) is 22.0. The molecular formula is C19H27N5O2S2. The zero-order chi connectivity index (χ0) is 20.7.